The highest BCUT2D eigenvalue weighted by Gasteiger charge is 2.30. The number of ether oxygens (including phenoxy) is 1. The van der Waals surface area contributed by atoms with Crippen molar-refractivity contribution >= 4 is 16.2 Å². The molecule has 1 aliphatic rings. The molecule has 9 heteroatoms. The van der Waals surface area contributed by atoms with Crippen molar-refractivity contribution in [3.05, 3.63) is 0 Å². The standard InChI is InChI=1S/C11H22N2O6S/c1-19-8-10(14)2-5-12-20(17,18)13-6-3-9(4-7-13)11(15)16/h9-10,12,14H,2-8H2,1H3,(H,15,16). The van der Waals surface area contributed by atoms with Gasteiger partial charge in [-0.2, -0.15) is 12.7 Å². The van der Waals surface area contributed by atoms with E-state index in [1.807, 2.05) is 0 Å². The second-order valence-electron chi connectivity index (χ2n) is 4.81. The molecule has 20 heavy (non-hydrogen) atoms. The Hall–Kier alpha value is -0.740. The highest BCUT2D eigenvalue weighted by atomic mass is 32.2. The lowest BCUT2D eigenvalue weighted by molar-refractivity contribution is -0.142. The summed E-state index contributed by atoms with van der Waals surface area (Å²) in [6, 6.07) is 0. The van der Waals surface area contributed by atoms with Crippen LogP contribution in [0.2, 0.25) is 0 Å². The molecule has 0 spiro atoms. The van der Waals surface area contributed by atoms with Crippen molar-refractivity contribution in [2.45, 2.75) is 25.4 Å². The molecule has 0 aromatic rings. The average molecular weight is 310 g/mol. The Morgan fingerprint density at radius 1 is 1.45 bits per heavy atom. The van der Waals surface area contributed by atoms with Crippen molar-refractivity contribution in [2.24, 2.45) is 5.92 Å². The second kappa shape index (κ2) is 7.89. The van der Waals surface area contributed by atoms with Crippen LogP contribution in [0.15, 0.2) is 0 Å². The number of rotatable bonds is 8. The van der Waals surface area contributed by atoms with Crippen molar-refractivity contribution in [3.8, 4) is 0 Å². The van der Waals surface area contributed by atoms with Gasteiger partial charge in [0.1, 0.15) is 0 Å². The van der Waals surface area contributed by atoms with Crippen molar-refractivity contribution in [1.29, 1.82) is 0 Å². The summed E-state index contributed by atoms with van der Waals surface area (Å²) in [6.45, 7) is 0.678. The van der Waals surface area contributed by atoms with Crippen LogP contribution in [-0.2, 0) is 19.7 Å². The third-order valence-corrected chi connectivity index (χ3v) is 4.88. The van der Waals surface area contributed by atoms with Gasteiger partial charge >= 0.3 is 5.97 Å². The van der Waals surface area contributed by atoms with E-state index < -0.39 is 28.2 Å². The molecule has 8 nitrogen and oxygen atoms in total. The number of aliphatic carboxylic acids is 1. The van der Waals surface area contributed by atoms with Gasteiger partial charge in [0.2, 0.25) is 0 Å². The normalized spacial score (nSPS) is 19.9. The summed E-state index contributed by atoms with van der Waals surface area (Å²) in [4.78, 5) is 10.8. The van der Waals surface area contributed by atoms with Gasteiger partial charge in [-0.25, -0.2) is 4.72 Å². The minimum atomic E-state index is -3.60. The summed E-state index contributed by atoms with van der Waals surface area (Å²) >= 11 is 0. The largest absolute Gasteiger partial charge is 0.481 e. The van der Waals surface area contributed by atoms with E-state index in [0.29, 0.717) is 12.8 Å². The summed E-state index contributed by atoms with van der Waals surface area (Å²) in [5, 5.41) is 18.3. The molecular formula is C11H22N2O6S. The number of carbonyl (C=O) groups is 1. The number of nitrogens with zero attached hydrogens (tertiary/aromatic N) is 1. The molecule has 0 radical (unpaired) electrons. The molecule has 1 aliphatic heterocycles. The van der Waals surface area contributed by atoms with Crippen LogP contribution >= 0.6 is 0 Å². The number of methoxy groups -OCH3 is 1. The highest BCUT2D eigenvalue weighted by Crippen LogP contribution is 2.19. The molecule has 118 valence electrons. The SMILES string of the molecule is COCC(O)CCNS(=O)(=O)N1CCC(C(=O)O)CC1. The molecule has 0 bridgehead atoms. The van der Waals surface area contributed by atoms with Crippen LogP contribution in [0.1, 0.15) is 19.3 Å². The number of aliphatic hydroxyl groups excluding tert-OH is 1. The van der Waals surface area contributed by atoms with Crippen molar-refractivity contribution < 1.29 is 28.2 Å². The summed E-state index contributed by atoms with van der Waals surface area (Å²) in [6.07, 6.45) is 0.199. The summed E-state index contributed by atoms with van der Waals surface area (Å²) < 4.78 is 32.3. The van der Waals surface area contributed by atoms with E-state index in [0.717, 1.165) is 0 Å². The van der Waals surface area contributed by atoms with E-state index in [9.17, 15) is 18.3 Å². The van der Waals surface area contributed by atoms with Crippen LogP contribution < -0.4 is 4.72 Å². The first kappa shape index (κ1) is 17.3. The Balaban J connectivity index is 2.36. The van der Waals surface area contributed by atoms with E-state index in [1.165, 1.54) is 11.4 Å². The lowest BCUT2D eigenvalue weighted by Gasteiger charge is -2.29. The molecule has 3 N–H and O–H groups in total. The Labute approximate surface area is 118 Å². The monoisotopic (exact) mass is 310 g/mol. The zero-order valence-corrected chi connectivity index (χ0v) is 12.3. The maximum absolute atomic E-state index is 12.0. The van der Waals surface area contributed by atoms with Gasteiger partial charge in [0.15, 0.2) is 0 Å². The van der Waals surface area contributed by atoms with Gasteiger partial charge in [-0.1, -0.05) is 0 Å². The van der Waals surface area contributed by atoms with Crippen LogP contribution in [0, 0.1) is 5.92 Å². The maximum atomic E-state index is 12.0. The number of hydrogen-bond donors (Lipinski definition) is 3. The predicted octanol–water partition coefficient (Wildman–Crippen LogP) is -0.985. The minimum Gasteiger partial charge on any atom is -0.481 e. The highest BCUT2D eigenvalue weighted by molar-refractivity contribution is 7.87. The van der Waals surface area contributed by atoms with Gasteiger partial charge in [0.25, 0.3) is 10.2 Å². The van der Waals surface area contributed by atoms with Gasteiger partial charge < -0.3 is 14.9 Å². The average Bonchev–Trinajstić information content (AvgIpc) is 2.39. The quantitative estimate of drug-likeness (QED) is 0.530. The van der Waals surface area contributed by atoms with Gasteiger partial charge in [-0.15, -0.1) is 0 Å². The predicted molar refractivity (Wildman–Crippen MR) is 71.4 cm³/mol. The maximum Gasteiger partial charge on any atom is 0.306 e. The van der Waals surface area contributed by atoms with Gasteiger partial charge in [-0.3, -0.25) is 4.79 Å². The van der Waals surface area contributed by atoms with Crippen molar-refractivity contribution in [3.63, 3.8) is 0 Å². The summed E-state index contributed by atoms with van der Waals surface area (Å²) in [5.41, 5.74) is 0. The minimum absolute atomic E-state index is 0.117. The fourth-order valence-electron chi connectivity index (χ4n) is 2.06. The first-order valence-corrected chi connectivity index (χ1v) is 7.95. The summed E-state index contributed by atoms with van der Waals surface area (Å²) in [7, 11) is -2.15. The fraction of sp³-hybridized carbons (Fsp3) is 0.909. The Morgan fingerprint density at radius 2 is 2.05 bits per heavy atom. The number of carboxylic acid groups (broad SMARTS) is 1. The molecule has 0 amide bonds. The molecule has 0 aromatic carbocycles. The molecule has 0 aromatic heterocycles. The topological polar surface area (TPSA) is 116 Å². The van der Waals surface area contributed by atoms with Crippen LogP contribution in [-0.4, -0.2) is 68.4 Å². The first-order valence-electron chi connectivity index (χ1n) is 6.51. The molecule has 1 saturated heterocycles. The Kier molecular flexibility index (Phi) is 6.83. The number of piperidine rings is 1. The molecule has 1 unspecified atom stereocenters. The molecule has 1 heterocycles. The first-order chi connectivity index (χ1) is 9.36. The second-order valence-corrected chi connectivity index (χ2v) is 6.56. The van der Waals surface area contributed by atoms with Crippen LogP contribution in [0.5, 0.6) is 0 Å². The molecule has 1 fully saturated rings. The third kappa shape index (κ3) is 5.33. The number of hydrogen-bond acceptors (Lipinski definition) is 5. The number of carboxylic acids is 1. The van der Waals surface area contributed by atoms with Crippen LogP contribution in [0.3, 0.4) is 0 Å². The third-order valence-electron chi connectivity index (χ3n) is 3.26. The lowest BCUT2D eigenvalue weighted by Crippen LogP contribution is -2.46. The zero-order valence-electron chi connectivity index (χ0n) is 11.5. The number of nitrogens with one attached hydrogen (secondary N) is 1. The van der Waals surface area contributed by atoms with E-state index in [4.69, 9.17) is 9.84 Å². The van der Waals surface area contributed by atoms with Crippen molar-refractivity contribution in [2.75, 3.05) is 33.4 Å². The molecule has 1 rings (SSSR count). The molecular weight excluding hydrogens is 288 g/mol. The van der Waals surface area contributed by atoms with E-state index in [2.05, 4.69) is 4.72 Å². The smallest absolute Gasteiger partial charge is 0.306 e. The summed E-state index contributed by atoms with van der Waals surface area (Å²) in [5.74, 6) is -1.34. The Bertz CT molecular complexity index is 405. The van der Waals surface area contributed by atoms with E-state index in [-0.39, 0.29) is 32.7 Å². The van der Waals surface area contributed by atoms with Crippen molar-refractivity contribution in [1.82, 2.24) is 9.03 Å². The van der Waals surface area contributed by atoms with E-state index in [1.54, 1.807) is 0 Å². The molecule has 0 saturated carbocycles. The van der Waals surface area contributed by atoms with Gasteiger partial charge in [-0.05, 0) is 19.3 Å². The lowest BCUT2D eigenvalue weighted by atomic mass is 9.99. The number of aliphatic hydroxyl groups is 1. The zero-order chi connectivity index (χ0) is 15.2. The van der Waals surface area contributed by atoms with Gasteiger partial charge in [0.05, 0.1) is 18.6 Å². The van der Waals surface area contributed by atoms with Gasteiger partial charge in [0, 0.05) is 26.7 Å². The fourth-order valence-corrected chi connectivity index (χ4v) is 3.31. The Morgan fingerprint density at radius 3 is 2.55 bits per heavy atom. The van der Waals surface area contributed by atoms with Crippen LogP contribution in [0.25, 0.3) is 0 Å². The van der Waals surface area contributed by atoms with Crippen LogP contribution in [0.4, 0.5) is 0 Å². The molecule has 0 aliphatic carbocycles. The molecule has 1 atom stereocenters. The van der Waals surface area contributed by atoms with E-state index >= 15 is 0 Å².